The van der Waals surface area contributed by atoms with Crippen molar-refractivity contribution in [3.63, 3.8) is 0 Å². The van der Waals surface area contributed by atoms with Gasteiger partial charge >= 0.3 is 0 Å². The Hall–Kier alpha value is -1.58. The van der Waals surface area contributed by atoms with Crippen LogP contribution >= 0.6 is 0 Å². The van der Waals surface area contributed by atoms with E-state index < -0.39 is 0 Å². The molecule has 0 fully saturated rings. The molecule has 0 aromatic heterocycles. The Morgan fingerprint density at radius 1 is 1.35 bits per heavy atom. The Kier molecular flexibility index (Phi) is 4.94. The maximum Gasteiger partial charge on any atom is 0.272 e. The van der Waals surface area contributed by atoms with Crippen LogP contribution in [0.25, 0.3) is 0 Å². The maximum atomic E-state index is 10.7. The second-order valence-corrected chi connectivity index (χ2v) is 4.16. The van der Waals surface area contributed by atoms with E-state index in [0.29, 0.717) is 0 Å². The number of nitro benzene ring substituents is 1. The fraction of sp³-hybridized carbons (Fsp3) is 0.538. The van der Waals surface area contributed by atoms with Crippen molar-refractivity contribution >= 4 is 11.4 Å². The molecule has 1 aromatic rings. The minimum Gasteiger partial charge on any atom is -0.372 e. The van der Waals surface area contributed by atoms with Gasteiger partial charge in [-0.2, -0.15) is 0 Å². The highest BCUT2D eigenvalue weighted by atomic mass is 16.6. The molecule has 0 bridgehead atoms. The molecule has 0 radical (unpaired) electrons. The van der Waals surface area contributed by atoms with Gasteiger partial charge in [-0.3, -0.25) is 10.1 Å². The lowest BCUT2D eigenvalue weighted by atomic mass is 10.1. The molecule has 0 spiro atoms. The van der Waals surface area contributed by atoms with E-state index in [0.717, 1.165) is 37.2 Å². The molecule has 0 unspecified atom stereocenters. The van der Waals surface area contributed by atoms with Crippen LogP contribution in [0.3, 0.4) is 0 Å². The van der Waals surface area contributed by atoms with Crippen molar-refractivity contribution in [3.8, 4) is 0 Å². The minimum atomic E-state index is -0.332. The molecule has 0 aliphatic rings. The van der Waals surface area contributed by atoms with Gasteiger partial charge in [-0.05, 0) is 32.4 Å². The molecule has 17 heavy (non-hydrogen) atoms. The SMILES string of the molecule is CCCCN(CC)c1ccc([N+](=O)[O-])c(C)c1. The van der Waals surface area contributed by atoms with Crippen LogP contribution in [0.4, 0.5) is 11.4 Å². The zero-order valence-corrected chi connectivity index (χ0v) is 10.8. The summed E-state index contributed by atoms with van der Waals surface area (Å²) in [5.74, 6) is 0. The molecule has 0 saturated heterocycles. The number of hydrogen-bond donors (Lipinski definition) is 0. The van der Waals surface area contributed by atoms with Gasteiger partial charge in [-0.15, -0.1) is 0 Å². The van der Waals surface area contributed by atoms with E-state index in [-0.39, 0.29) is 10.6 Å². The minimum absolute atomic E-state index is 0.195. The predicted octanol–water partition coefficient (Wildman–Crippen LogP) is 3.53. The fourth-order valence-electron chi connectivity index (χ4n) is 1.86. The van der Waals surface area contributed by atoms with Crippen LogP contribution in [0, 0.1) is 17.0 Å². The highest BCUT2D eigenvalue weighted by Gasteiger charge is 2.12. The zero-order chi connectivity index (χ0) is 12.8. The average Bonchev–Trinajstić information content (AvgIpc) is 2.29. The maximum absolute atomic E-state index is 10.7. The molecule has 0 atom stereocenters. The highest BCUT2D eigenvalue weighted by molar-refractivity contribution is 5.55. The lowest BCUT2D eigenvalue weighted by Crippen LogP contribution is -2.23. The molecule has 0 N–H and O–H groups in total. The number of anilines is 1. The van der Waals surface area contributed by atoms with Crippen molar-refractivity contribution in [3.05, 3.63) is 33.9 Å². The molecule has 1 aromatic carbocycles. The number of aryl methyl sites for hydroxylation is 1. The van der Waals surface area contributed by atoms with Crippen LogP contribution < -0.4 is 4.90 Å². The summed E-state index contributed by atoms with van der Waals surface area (Å²) in [5, 5.41) is 10.7. The molecule has 0 heterocycles. The lowest BCUT2D eigenvalue weighted by Gasteiger charge is -2.23. The van der Waals surface area contributed by atoms with Crippen LogP contribution in [-0.2, 0) is 0 Å². The third-order valence-corrected chi connectivity index (χ3v) is 2.91. The van der Waals surface area contributed by atoms with Crippen LogP contribution in [0.2, 0.25) is 0 Å². The summed E-state index contributed by atoms with van der Waals surface area (Å²) >= 11 is 0. The Morgan fingerprint density at radius 2 is 2.06 bits per heavy atom. The van der Waals surface area contributed by atoms with E-state index in [1.165, 1.54) is 0 Å². The highest BCUT2D eigenvalue weighted by Crippen LogP contribution is 2.24. The number of hydrogen-bond acceptors (Lipinski definition) is 3. The Balaban J connectivity index is 2.90. The topological polar surface area (TPSA) is 46.4 Å². The third kappa shape index (κ3) is 3.44. The number of rotatable bonds is 6. The zero-order valence-electron chi connectivity index (χ0n) is 10.8. The van der Waals surface area contributed by atoms with Gasteiger partial charge in [-0.1, -0.05) is 13.3 Å². The second kappa shape index (κ2) is 6.23. The average molecular weight is 236 g/mol. The standard InChI is InChI=1S/C13H20N2O2/c1-4-6-9-14(5-2)12-7-8-13(15(16)17)11(3)10-12/h7-8,10H,4-6,9H2,1-3H3. The van der Waals surface area contributed by atoms with E-state index in [1.807, 2.05) is 12.1 Å². The molecular formula is C13H20N2O2. The van der Waals surface area contributed by atoms with Gasteiger partial charge in [0.05, 0.1) is 4.92 Å². The first-order valence-electron chi connectivity index (χ1n) is 6.10. The Morgan fingerprint density at radius 3 is 2.53 bits per heavy atom. The van der Waals surface area contributed by atoms with Gasteiger partial charge in [-0.25, -0.2) is 0 Å². The van der Waals surface area contributed by atoms with Gasteiger partial charge in [0.2, 0.25) is 0 Å². The van der Waals surface area contributed by atoms with E-state index in [4.69, 9.17) is 0 Å². The van der Waals surface area contributed by atoms with Gasteiger partial charge in [0.15, 0.2) is 0 Å². The smallest absolute Gasteiger partial charge is 0.272 e. The third-order valence-electron chi connectivity index (χ3n) is 2.91. The lowest BCUT2D eigenvalue weighted by molar-refractivity contribution is -0.385. The molecule has 4 heteroatoms. The van der Waals surface area contributed by atoms with Gasteiger partial charge < -0.3 is 4.90 Å². The van der Waals surface area contributed by atoms with Crippen LogP contribution in [0.15, 0.2) is 18.2 Å². The predicted molar refractivity (Wildman–Crippen MR) is 70.6 cm³/mol. The van der Waals surface area contributed by atoms with Crippen LogP contribution in [-0.4, -0.2) is 18.0 Å². The number of nitrogens with zero attached hydrogens (tertiary/aromatic N) is 2. The molecule has 1 rings (SSSR count). The van der Waals surface area contributed by atoms with Gasteiger partial charge in [0.25, 0.3) is 5.69 Å². The van der Waals surface area contributed by atoms with E-state index in [2.05, 4.69) is 18.7 Å². The quantitative estimate of drug-likeness (QED) is 0.560. The van der Waals surface area contributed by atoms with Crippen molar-refractivity contribution in [1.29, 1.82) is 0 Å². The number of nitro groups is 1. The largest absolute Gasteiger partial charge is 0.372 e. The van der Waals surface area contributed by atoms with Crippen molar-refractivity contribution in [2.75, 3.05) is 18.0 Å². The molecule has 0 aliphatic carbocycles. The molecular weight excluding hydrogens is 216 g/mol. The van der Waals surface area contributed by atoms with Crippen molar-refractivity contribution < 1.29 is 4.92 Å². The molecule has 0 aliphatic heterocycles. The Bertz CT molecular complexity index is 391. The summed E-state index contributed by atoms with van der Waals surface area (Å²) in [6.07, 6.45) is 2.30. The molecule has 0 saturated carbocycles. The van der Waals surface area contributed by atoms with Crippen LogP contribution in [0.1, 0.15) is 32.3 Å². The summed E-state index contributed by atoms with van der Waals surface area (Å²) in [6.45, 7) is 7.98. The second-order valence-electron chi connectivity index (χ2n) is 4.16. The van der Waals surface area contributed by atoms with E-state index in [1.54, 1.807) is 13.0 Å². The molecule has 0 amide bonds. The monoisotopic (exact) mass is 236 g/mol. The molecule has 4 nitrogen and oxygen atoms in total. The Labute approximate surface area is 102 Å². The van der Waals surface area contributed by atoms with Crippen molar-refractivity contribution in [1.82, 2.24) is 0 Å². The number of unbranched alkanes of at least 4 members (excludes halogenated alkanes) is 1. The number of benzene rings is 1. The normalized spacial score (nSPS) is 10.3. The summed E-state index contributed by atoms with van der Waals surface area (Å²) in [6, 6.07) is 5.33. The van der Waals surface area contributed by atoms with E-state index >= 15 is 0 Å². The van der Waals surface area contributed by atoms with Gasteiger partial charge in [0.1, 0.15) is 0 Å². The first-order chi connectivity index (χ1) is 8.10. The fourth-order valence-corrected chi connectivity index (χ4v) is 1.86. The van der Waals surface area contributed by atoms with E-state index in [9.17, 15) is 10.1 Å². The van der Waals surface area contributed by atoms with Crippen molar-refractivity contribution in [2.24, 2.45) is 0 Å². The van der Waals surface area contributed by atoms with Crippen LogP contribution in [0.5, 0.6) is 0 Å². The first kappa shape index (κ1) is 13.5. The summed E-state index contributed by atoms with van der Waals surface area (Å²) < 4.78 is 0. The van der Waals surface area contributed by atoms with Gasteiger partial charge in [0, 0.05) is 30.4 Å². The van der Waals surface area contributed by atoms with Crippen molar-refractivity contribution in [2.45, 2.75) is 33.6 Å². The summed E-state index contributed by atoms with van der Waals surface area (Å²) in [4.78, 5) is 12.7. The summed E-state index contributed by atoms with van der Waals surface area (Å²) in [5.41, 5.74) is 1.99. The molecule has 94 valence electrons. The first-order valence-corrected chi connectivity index (χ1v) is 6.10. The summed E-state index contributed by atoms with van der Waals surface area (Å²) in [7, 11) is 0.